The van der Waals surface area contributed by atoms with E-state index < -0.39 is 54.1 Å². The number of benzene rings is 1. The van der Waals surface area contributed by atoms with E-state index in [2.05, 4.69) is 32.6 Å². The van der Waals surface area contributed by atoms with Crippen LogP contribution in [0.1, 0.15) is 12.6 Å². The van der Waals surface area contributed by atoms with Crippen LogP contribution < -0.4 is 11.3 Å². The number of aliphatic hydroxyl groups excluding tert-OH is 1. The average Bonchev–Trinajstić information content (AvgIpc) is 3.32. The number of nitrogens with two attached hydrogens (primary N) is 1. The molecule has 1 aliphatic rings. The number of hydrogen-bond donors (Lipinski definition) is 6. The second-order valence-electron chi connectivity index (χ2n) is 7.44. The molecule has 21 heteroatoms. The largest absolute Gasteiger partial charge is 0.490 e. The van der Waals surface area contributed by atoms with Crippen molar-refractivity contribution >= 4 is 51.4 Å². The third-order valence-electron chi connectivity index (χ3n) is 4.98. The number of aromatic amines is 1. The zero-order valence-corrected chi connectivity index (χ0v) is 20.8. The Morgan fingerprint density at radius 3 is 2.56 bits per heavy atom. The quantitative estimate of drug-likeness (QED) is 0.191. The van der Waals surface area contributed by atoms with Gasteiger partial charge in [0, 0.05) is 13.5 Å². The number of phosphoric ester groups is 2. The first-order valence-corrected chi connectivity index (χ1v) is 14.3. The van der Waals surface area contributed by atoms with Gasteiger partial charge in [0.2, 0.25) is 5.95 Å². The maximum Gasteiger partial charge on any atom is 0.490 e. The van der Waals surface area contributed by atoms with Crippen LogP contribution >= 0.6 is 23.5 Å². The molecule has 0 aliphatic carbocycles. The molecule has 0 bridgehead atoms. The number of aromatic nitrogens is 4. The lowest BCUT2D eigenvalue weighted by molar-refractivity contribution is -0.0421. The van der Waals surface area contributed by atoms with E-state index in [-0.39, 0.29) is 17.8 Å². The van der Waals surface area contributed by atoms with Gasteiger partial charge in [-0.2, -0.15) is 8.62 Å². The average molecular weight is 571 g/mol. The minimum atomic E-state index is -5.57. The van der Waals surface area contributed by atoms with Crippen LogP contribution in [0.3, 0.4) is 0 Å². The predicted octanol–water partition coefficient (Wildman–Crippen LogP) is 0.501. The summed E-state index contributed by atoms with van der Waals surface area (Å²) in [6.07, 6.45) is -1.86. The number of nitrogen functional groups attached to an aromatic ring is 1. The zero-order chi connectivity index (χ0) is 26.5. The summed E-state index contributed by atoms with van der Waals surface area (Å²) in [5.74, 6) is -0.0832. The SMILES string of the molecule is COP(=O)(O)OP(=O)(O)OP(=O)(O)OCC1OC(n2cnc3cc4c(=O)[nH]c(N)nc4cc32)CC1O. The van der Waals surface area contributed by atoms with Gasteiger partial charge in [-0.25, -0.2) is 23.7 Å². The summed E-state index contributed by atoms with van der Waals surface area (Å²) in [5, 5.41) is 10.6. The highest BCUT2D eigenvalue weighted by Gasteiger charge is 2.43. The van der Waals surface area contributed by atoms with Crippen LogP contribution in [0.4, 0.5) is 5.95 Å². The van der Waals surface area contributed by atoms with Gasteiger partial charge in [0.25, 0.3) is 5.56 Å². The van der Waals surface area contributed by atoms with Gasteiger partial charge in [-0.05, 0) is 12.1 Å². The number of nitrogens with zero attached hydrogens (tertiary/aromatic N) is 3. The van der Waals surface area contributed by atoms with Crippen molar-refractivity contribution in [3.8, 4) is 0 Å². The number of ether oxygens (including phenoxy) is 1. The van der Waals surface area contributed by atoms with Crippen molar-refractivity contribution in [1.82, 2.24) is 19.5 Å². The summed E-state index contributed by atoms with van der Waals surface area (Å²) in [6, 6.07) is 3.05. The highest BCUT2D eigenvalue weighted by Crippen LogP contribution is 2.67. The summed E-state index contributed by atoms with van der Waals surface area (Å²) >= 11 is 0. The lowest BCUT2D eigenvalue weighted by atomic mass is 10.2. The Morgan fingerprint density at radius 2 is 1.86 bits per heavy atom. The van der Waals surface area contributed by atoms with Gasteiger partial charge in [-0.3, -0.25) is 18.8 Å². The van der Waals surface area contributed by atoms with Crippen LogP contribution in [-0.2, 0) is 36.1 Å². The Kier molecular flexibility index (Phi) is 7.27. The summed E-state index contributed by atoms with van der Waals surface area (Å²) in [4.78, 5) is 51.0. The molecular weight excluding hydrogens is 551 g/mol. The molecule has 1 aromatic carbocycles. The first kappa shape index (κ1) is 27.0. The smallest absolute Gasteiger partial charge is 0.390 e. The minimum absolute atomic E-state index is 0.0117. The van der Waals surface area contributed by atoms with Gasteiger partial charge in [-0.15, -0.1) is 0 Å². The standard InChI is InChI=1S/C15H20N5O13P3/c1-29-34(23,24)32-36(27,28)33-35(25,26)30-5-12-11(21)4-13(31-12)20-6-17-9-2-7-8(3-10(9)20)18-15(16)19-14(7)22/h2-3,6,11-13,21H,4-5H2,1H3,(H,23,24)(H,25,26)(H,27,28)(H3,16,18,19,22). The fourth-order valence-electron chi connectivity index (χ4n) is 3.44. The predicted molar refractivity (Wildman–Crippen MR) is 119 cm³/mol. The van der Waals surface area contributed by atoms with Crippen molar-refractivity contribution in [3.05, 3.63) is 28.8 Å². The summed E-state index contributed by atoms with van der Waals surface area (Å²) in [6.45, 7) is -0.782. The van der Waals surface area contributed by atoms with Crippen LogP contribution in [0, 0.1) is 0 Å². The van der Waals surface area contributed by atoms with Crippen molar-refractivity contribution in [2.75, 3.05) is 19.5 Å². The molecule has 2 aromatic heterocycles. The molecule has 36 heavy (non-hydrogen) atoms. The van der Waals surface area contributed by atoms with E-state index in [0.29, 0.717) is 23.7 Å². The molecule has 3 heterocycles. The second kappa shape index (κ2) is 9.68. The fourth-order valence-corrected chi connectivity index (χ4v) is 6.71. The zero-order valence-electron chi connectivity index (χ0n) is 18.1. The number of rotatable bonds is 9. The molecule has 3 aromatic rings. The molecule has 0 spiro atoms. The van der Waals surface area contributed by atoms with Crippen molar-refractivity contribution in [1.29, 1.82) is 0 Å². The van der Waals surface area contributed by atoms with Gasteiger partial charge in [0.05, 0.1) is 41.0 Å². The maximum absolute atomic E-state index is 12.1. The third kappa shape index (κ3) is 5.92. The third-order valence-corrected chi connectivity index (χ3v) is 9.22. The van der Waals surface area contributed by atoms with E-state index in [4.69, 9.17) is 15.4 Å². The highest BCUT2D eigenvalue weighted by atomic mass is 31.3. The Balaban J connectivity index is 1.46. The summed E-state index contributed by atoms with van der Waals surface area (Å²) in [7, 11) is -15.3. The van der Waals surface area contributed by atoms with Gasteiger partial charge < -0.3 is 34.8 Å². The molecule has 7 N–H and O–H groups in total. The monoisotopic (exact) mass is 571 g/mol. The van der Waals surface area contributed by atoms with Gasteiger partial charge >= 0.3 is 23.5 Å². The molecule has 18 nitrogen and oxygen atoms in total. The number of phosphoric acid groups is 3. The number of anilines is 1. The van der Waals surface area contributed by atoms with E-state index in [1.165, 1.54) is 17.0 Å². The van der Waals surface area contributed by atoms with Gasteiger partial charge in [0.1, 0.15) is 12.3 Å². The summed E-state index contributed by atoms with van der Waals surface area (Å²) < 4.78 is 58.4. The fraction of sp³-hybridized carbons (Fsp3) is 0.400. The highest BCUT2D eigenvalue weighted by molar-refractivity contribution is 7.66. The Morgan fingerprint density at radius 1 is 1.17 bits per heavy atom. The number of fused-ring (bicyclic) bond motifs is 2. The van der Waals surface area contributed by atoms with E-state index in [9.17, 15) is 33.4 Å². The van der Waals surface area contributed by atoms with Crippen LogP contribution in [0.2, 0.25) is 0 Å². The molecule has 1 saturated heterocycles. The van der Waals surface area contributed by atoms with Crippen LogP contribution in [0.15, 0.2) is 23.3 Å². The molecule has 0 saturated carbocycles. The maximum atomic E-state index is 12.1. The molecule has 6 unspecified atom stereocenters. The van der Waals surface area contributed by atoms with Gasteiger partial charge in [0.15, 0.2) is 0 Å². The first-order valence-electron chi connectivity index (χ1n) is 9.79. The van der Waals surface area contributed by atoms with Crippen LogP contribution in [0.5, 0.6) is 0 Å². The number of hydrogen-bond acceptors (Lipinski definition) is 13. The molecular formula is C15H20N5O13P3. The number of nitrogens with one attached hydrogen (secondary N) is 1. The molecule has 1 fully saturated rings. The van der Waals surface area contributed by atoms with Crippen LogP contribution in [0.25, 0.3) is 21.9 Å². The Bertz CT molecular complexity index is 1510. The Hall–Kier alpha value is -2.04. The molecule has 0 radical (unpaired) electrons. The van der Waals surface area contributed by atoms with Crippen LogP contribution in [-0.4, -0.2) is 65.2 Å². The van der Waals surface area contributed by atoms with Crippen molar-refractivity contribution in [2.45, 2.75) is 24.9 Å². The lowest BCUT2D eigenvalue weighted by Crippen LogP contribution is -2.26. The second-order valence-corrected chi connectivity index (χ2v) is 12.2. The first-order chi connectivity index (χ1) is 16.7. The molecule has 6 atom stereocenters. The normalized spacial score (nSPS) is 25.5. The summed E-state index contributed by atoms with van der Waals surface area (Å²) in [5.41, 5.74) is 6.34. The Labute approximate surface area is 200 Å². The molecule has 1 aliphatic heterocycles. The van der Waals surface area contributed by atoms with Crippen molar-refractivity contribution in [3.63, 3.8) is 0 Å². The van der Waals surface area contributed by atoms with E-state index in [1.54, 1.807) is 6.07 Å². The molecule has 4 rings (SSSR count). The number of H-pyrrole nitrogens is 1. The number of aliphatic hydroxyl groups is 1. The minimum Gasteiger partial charge on any atom is -0.390 e. The topological polar surface area (TPSA) is 268 Å². The van der Waals surface area contributed by atoms with E-state index in [0.717, 1.165) is 0 Å². The van der Waals surface area contributed by atoms with Crippen molar-refractivity contribution in [2.24, 2.45) is 0 Å². The molecule has 0 amide bonds. The van der Waals surface area contributed by atoms with E-state index >= 15 is 0 Å². The van der Waals surface area contributed by atoms with E-state index in [1.807, 2.05) is 0 Å². The van der Waals surface area contributed by atoms with Gasteiger partial charge in [-0.1, -0.05) is 0 Å². The lowest BCUT2D eigenvalue weighted by Gasteiger charge is -2.20. The van der Waals surface area contributed by atoms with Crippen molar-refractivity contribution < 1.29 is 55.9 Å². The number of imidazole rings is 1. The molecule has 198 valence electrons.